The Bertz CT molecular complexity index is 361. The maximum Gasteiger partial charge on any atom is 0.226 e. The van der Waals surface area contributed by atoms with E-state index in [0.717, 1.165) is 37.4 Å². The summed E-state index contributed by atoms with van der Waals surface area (Å²) in [5.41, 5.74) is 0. The van der Waals surface area contributed by atoms with Gasteiger partial charge in [0, 0.05) is 25.0 Å². The maximum atomic E-state index is 12.9. The van der Waals surface area contributed by atoms with Crippen molar-refractivity contribution in [2.45, 2.75) is 57.4 Å². The van der Waals surface area contributed by atoms with E-state index in [9.17, 15) is 4.79 Å². The van der Waals surface area contributed by atoms with E-state index in [4.69, 9.17) is 0 Å². The van der Waals surface area contributed by atoms with Crippen molar-refractivity contribution in [2.24, 2.45) is 23.7 Å². The molecule has 3 saturated carbocycles. The van der Waals surface area contributed by atoms with Crippen LogP contribution >= 0.6 is 0 Å². The molecule has 1 amide bonds. The van der Waals surface area contributed by atoms with Crippen LogP contribution in [0.5, 0.6) is 0 Å². The molecule has 112 valence electrons. The van der Waals surface area contributed by atoms with Crippen LogP contribution in [0.3, 0.4) is 0 Å². The molecular weight excluding hydrogens is 248 g/mol. The molecule has 4 aliphatic rings. The fourth-order valence-corrected chi connectivity index (χ4v) is 4.61. The number of carbonyl (C=O) groups excluding carboxylic acids is 1. The summed E-state index contributed by atoms with van der Waals surface area (Å²) in [7, 11) is 0. The summed E-state index contributed by atoms with van der Waals surface area (Å²) < 4.78 is 0. The highest BCUT2D eigenvalue weighted by Crippen LogP contribution is 2.56. The largest absolute Gasteiger partial charge is 0.341 e. The van der Waals surface area contributed by atoms with Gasteiger partial charge in [0.25, 0.3) is 0 Å². The van der Waals surface area contributed by atoms with Crippen molar-refractivity contribution in [3.05, 3.63) is 0 Å². The zero-order chi connectivity index (χ0) is 13.5. The van der Waals surface area contributed by atoms with E-state index < -0.39 is 0 Å². The fourth-order valence-electron chi connectivity index (χ4n) is 4.61. The smallest absolute Gasteiger partial charge is 0.226 e. The van der Waals surface area contributed by atoms with Gasteiger partial charge in [-0.05, 0) is 62.8 Å². The van der Waals surface area contributed by atoms with Gasteiger partial charge >= 0.3 is 0 Å². The molecule has 3 aliphatic carbocycles. The van der Waals surface area contributed by atoms with Crippen LogP contribution in [0.15, 0.2) is 0 Å². The molecule has 20 heavy (non-hydrogen) atoms. The minimum absolute atomic E-state index is 0.414. The van der Waals surface area contributed by atoms with Gasteiger partial charge in [0.15, 0.2) is 0 Å². The third kappa shape index (κ3) is 2.61. The molecule has 1 N–H and O–H groups in total. The van der Waals surface area contributed by atoms with Crippen molar-refractivity contribution in [3.63, 3.8) is 0 Å². The molecule has 0 spiro atoms. The second kappa shape index (κ2) is 5.32. The Morgan fingerprint density at radius 1 is 0.950 bits per heavy atom. The van der Waals surface area contributed by atoms with Crippen LogP contribution < -0.4 is 5.32 Å². The molecule has 0 aromatic rings. The summed E-state index contributed by atoms with van der Waals surface area (Å²) in [5, 5.41) is 3.56. The number of fused-ring (bicyclic) bond motifs is 1. The first-order valence-corrected chi connectivity index (χ1v) is 8.85. The lowest BCUT2D eigenvalue weighted by Crippen LogP contribution is -2.43. The zero-order valence-electron chi connectivity index (χ0n) is 12.5. The molecule has 0 radical (unpaired) electrons. The molecule has 3 nitrogen and oxygen atoms in total. The van der Waals surface area contributed by atoms with E-state index in [2.05, 4.69) is 10.2 Å². The van der Waals surface area contributed by atoms with Crippen LogP contribution in [-0.2, 0) is 4.79 Å². The lowest BCUT2D eigenvalue weighted by molar-refractivity contribution is -0.133. The standard InChI is InChI=1S/C17H28N2O/c20-17(16-14-5-1-2-6-15(14)16)19(10-12-7-8-12)11-13-4-3-9-18-13/h12-16,18H,1-11H2. The van der Waals surface area contributed by atoms with E-state index >= 15 is 0 Å². The number of hydrogen-bond donors (Lipinski definition) is 1. The third-order valence-electron chi connectivity index (χ3n) is 6.03. The van der Waals surface area contributed by atoms with Gasteiger partial charge in [0.1, 0.15) is 0 Å². The highest BCUT2D eigenvalue weighted by atomic mass is 16.2. The summed E-state index contributed by atoms with van der Waals surface area (Å²) in [6, 6.07) is 0.568. The van der Waals surface area contributed by atoms with Crippen LogP contribution in [0.1, 0.15) is 51.4 Å². The summed E-state index contributed by atoms with van der Waals surface area (Å²) in [6.45, 7) is 3.17. The van der Waals surface area contributed by atoms with Crippen LogP contribution in [0.25, 0.3) is 0 Å². The van der Waals surface area contributed by atoms with Crippen molar-refractivity contribution >= 4 is 5.91 Å². The van der Waals surface area contributed by atoms with Crippen LogP contribution in [0.2, 0.25) is 0 Å². The van der Waals surface area contributed by atoms with Crippen molar-refractivity contribution in [2.75, 3.05) is 19.6 Å². The molecule has 1 heterocycles. The normalized spacial score (nSPS) is 39.4. The molecule has 4 fully saturated rings. The molecule has 1 aliphatic heterocycles. The first-order chi connectivity index (χ1) is 9.83. The molecule has 1 saturated heterocycles. The maximum absolute atomic E-state index is 12.9. The molecule has 4 rings (SSSR count). The Morgan fingerprint density at radius 3 is 2.30 bits per heavy atom. The minimum atomic E-state index is 0.414. The average Bonchev–Trinajstić information content (AvgIpc) is 3.36. The molecule has 0 bridgehead atoms. The Labute approximate surface area is 122 Å². The highest BCUT2D eigenvalue weighted by molar-refractivity contribution is 5.82. The van der Waals surface area contributed by atoms with E-state index in [-0.39, 0.29) is 0 Å². The van der Waals surface area contributed by atoms with Gasteiger partial charge in [0.05, 0.1) is 0 Å². The molecule has 3 atom stereocenters. The van der Waals surface area contributed by atoms with Crippen molar-refractivity contribution in [3.8, 4) is 0 Å². The fraction of sp³-hybridized carbons (Fsp3) is 0.941. The van der Waals surface area contributed by atoms with Gasteiger partial charge in [-0.15, -0.1) is 0 Å². The second-order valence-electron chi connectivity index (χ2n) is 7.62. The Hall–Kier alpha value is -0.570. The summed E-state index contributed by atoms with van der Waals surface area (Å²) in [6.07, 6.45) is 10.6. The van der Waals surface area contributed by atoms with Gasteiger partial charge in [-0.2, -0.15) is 0 Å². The van der Waals surface area contributed by atoms with Crippen LogP contribution in [-0.4, -0.2) is 36.5 Å². The molecule has 3 unspecified atom stereocenters. The van der Waals surface area contributed by atoms with Crippen molar-refractivity contribution in [1.29, 1.82) is 0 Å². The van der Waals surface area contributed by atoms with E-state index in [1.807, 2.05) is 0 Å². The summed E-state index contributed by atoms with van der Waals surface area (Å²) in [4.78, 5) is 15.2. The molecule has 3 heteroatoms. The lowest BCUT2D eigenvalue weighted by atomic mass is 10.0. The SMILES string of the molecule is O=C(C1C2CCCCC21)N(CC1CC1)CC1CCCN1. The topological polar surface area (TPSA) is 32.3 Å². The van der Waals surface area contributed by atoms with Gasteiger partial charge < -0.3 is 10.2 Å². The number of nitrogens with one attached hydrogen (secondary N) is 1. The summed E-state index contributed by atoms with van der Waals surface area (Å²) in [5.74, 6) is 3.27. The Balaban J connectivity index is 1.39. The Kier molecular flexibility index (Phi) is 3.49. The predicted octanol–water partition coefficient (Wildman–Crippen LogP) is 2.41. The second-order valence-corrected chi connectivity index (χ2v) is 7.62. The Morgan fingerprint density at radius 2 is 1.70 bits per heavy atom. The third-order valence-corrected chi connectivity index (χ3v) is 6.03. The van der Waals surface area contributed by atoms with E-state index in [1.165, 1.54) is 51.4 Å². The zero-order valence-corrected chi connectivity index (χ0v) is 12.5. The molecule has 0 aromatic heterocycles. The summed E-state index contributed by atoms with van der Waals surface area (Å²) >= 11 is 0. The lowest BCUT2D eigenvalue weighted by Gasteiger charge is -2.26. The van der Waals surface area contributed by atoms with Gasteiger partial charge in [-0.1, -0.05) is 12.8 Å². The number of nitrogens with zero attached hydrogens (tertiary/aromatic N) is 1. The van der Waals surface area contributed by atoms with Crippen molar-refractivity contribution < 1.29 is 4.79 Å². The van der Waals surface area contributed by atoms with Gasteiger partial charge in [-0.3, -0.25) is 4.79 Å². The minimum Gasteiger partial charge on any atom is -0.341 e. The highest BCUT2D eigenvalue weighted by Gasteiger charge is 2.56. The predicted molar refractivity (Wildman–Crippen MR) is 79.3 cm³/mol. The average molecular weight is 276 g/mol. The van der Waals surface area contributed by atoms with E-state index in [1.54, 1.807) is 0 Å². The number of carbonyl (C=O) groups is 1. The monoisotopic (exact) mass is 276 g/mol. The van der Waals surface area contributed by atoms with Crippen molar-refractivity contribution in [1.82, 2.24) is 10.2 Å². The molecule has 0 aromatic carbocycles. The number of hydrogen-bond acceptors (Lipinski definition) is 2. The molecular formula is C17H28N2O. The van der Waals surface area contributed by atoms with E-state index in [0.29, 0.717) is 17.9 Å². The van der Waals surface area contributed by atoms with Crippen LogP contribution in [0, 0.1) is 23.7 Å². The number of amides is 1. The van der Waals surface area contributed by atoms with Gasteiger partial charge in [0.2, 0.25) is 5.91 Å². The first kappa shape index (κ1) is 13.1. The number of rotatable bonds is 5. The van der Waals surface area contributed by atoms with Crippen LogP contribution in [0.4, 0.5) is 0 Å². The van der Waals surface area contributed by atoms with Gasteiger partial charge in [-0.25, -0.2) is 0 Å². The first-order valence-electron chi connectivity index (χ1n) is 8.85. The quantitative estimate of drug-likeness (QED) is 0.836.